The van der Waals surface area contributed by atoms with Crippen molar-refractivity contribution in [2.75, 3.05) is 5.73 Å². The van der Waals surface area contributed by atoms with Crippen LogP contribution in [0.1, 0.15) is 0 Å². The van der Waals surface area contributed by atoms with Crippen LogP contribution in [-0.4, -0.2) is 9.78 Å². The minimum atomic E-state index is 0.674. The Kier molecular flexibility index (Phi) is 3.16. The molecule has 1 aromatic carbocycles. The van der Waals surface area contributed by atoms with E-state index in [4.69, 9.17) is 5.73 Å². The first-order valence-electron chi connectivity index (χ1n) is 5.78. The maximum atomic E-state index is 6.19. The molecule has 0 aliphatic rings. The maximum absolute atomic E-state index is 6.19. The first kappa shape index (κ1) is 12.4. The molecule has 0 saturated heterocycles. The van der Waals surface area contributed by atoms with Crippen LogP contribution >= 0.6 is 27.3 Å². The molecule has 3 aromatic rings. The SMILES string of the molecule is Cn1nc(-c2ccsc2)c(-c2ccccc2Br)c1N. The Morgan fingerprint density at radius 2 is 2.05 bits per heavy atom. The number of hydrogen-bond donors (Lipinski definition) is 1. The van der Waals surface area contributed by atoms with Gasteiger partial charge in [-0.1, -0.05) is 34.1 Å². The number of hydrogen-bond acceptors (Lipinski definition) is 3. The number of nitrogens with two attached hydrogens (primary N) is 1. The van der Waals surface area contributed by atoms with Gasteiger partial charge in [-0.25, -0.2) is 0 Å². The molecule has 0 bridgehead atoms. The third-order valence-corrected chi connectivity index (χ3v) is 4.40. The van der Waals surface area contributed by atoms with E-state index in [2.05, 4.69) is 32.5 Å². The molecule has 19 heavy (non-hydrogen) atoms. The van der Waals surface area contributed by atoms with Gasteiger partial charge in [-0.2, -0.15) is 16.4 Å². The van der Waals surface area contributed by atoms with Crippen LogP contribution in [0.3, 0.4) is 0 Å². The van der Waals surface area contributed by atoms with E-state index in [-0.39, 0.29) is 0 Å². The predicted molar refractivity (Wildman–Crippen MR) is 84.1 cm³/mol. The number of aryl methyl sites for hydroxylation is 1. The van der Waals surface area contributed by atoms with Crippen molar-refractivity contribution >= 4 is 33.1 Å². The smallest absolute Gasteiger partial charge is 0.129 e. The molecule has 0 atom stereocenters. The second kappa shape index (κ2) is 4.83. The molecular formula is C14H12BrN3S. The van der Waals surface area contributed by atoms with Crippen molar-refractivity contribution in [3.63, 3.8) is 0 Å². The van der Waals surface area contributed by atoms with Gasteiger partial charge in [0.2, 0.25) is 0 Å². The van der Waals surface area contributed by atoms with Crippen LogP contribution in [0.4, 0.5) is 5.82 Å². The van der Waals surface area contributed by atoms with Gasteiger partial charge in [0.1, 0.15) is 11.5 Å². The number of nitrogen functional groups attached to an aromatic ring is 1. The molecule has 2 heterocycles. The van der Waals surface area contributed by atoms with Crippen LogP contribution in [0.2, 0.25) is 0 Å². The first-order chi connectivity index (χ1) is 9.18. The zero-order valence-electron chi connectivity index (χ0n) is 10.3. The molecule has 0 radical (unpaired) electrons. The first-order valence-corrected chi connectivity index (χ1v) is 7.52. The second-order valence-electron chi connectivity index (χ2n) is 4.22. The third-order valence-electron chi connectivity index (χ3n) is 3.03. The van der Waals surface area contributed by atoms with Crippen molar-refractivity contribution in [2.45, 2.75) is 0 Å². The lowest BCUT2D eigenvalue weighted by atomic mass is 10.0. The molecular weight excluding hydrogens is 322 g/mol. The van der Waals surface area contributed by atoms with Crippen LogP contribution in [0.5, 0.6) is 0 Å². The van der Waals surface area contributed by atoms with E-state index < -0.39 is 0 Å². The van der Waals surface area contributed by atoms with Gasteiger partial charge in [0.05, 0.1) is 5.56 Å². The van der Waals surface area contributed by atoms with Crippen LogP contribution in [-0.2, 0) is 7.05 Å². The minimum Gasteiger partial charge on any atom is -0.383 e. The van der Waals surface area contributed by atoms with Crippen LogP contribution in [0.25, 0.3) is 22.4 Å². The standard InChI is InChI=1S/C14H12BrN3S/c1-18-14(16)12(10-4-2-3-5-11(10)15)13(17-18)9-6-7-19-8-9/h2-8H,16H2,1H3. The van der Waals surface area contributed by atoms with Crippen molar-refractivity contribution in [1.29, 1.82) is 0 Å². The fourth-order valence-electron chi connectivity index (χ4n) is 2.07. The zero-order chi connectivity index (χ0) is 13.4. The number of anilines is 1. The van der Waals surface area contributed by atoms with Gasteiger partial charge < -0.3 is 5.73 Å². The lowest BCUT2D eigenvalue weighted by molar-refractivity contribution is 0.782. The van der Waals surface area contributed by atoms with Gasteiger partial charge in [0.25, 0.3) is 0 Å². The molecule has 3 rings (SSSR count). The van der Waals surface area contributed by atoms with Crippen LogP contribution in [0.15, 0.2) is 45.6 Å². The van der Waals surface area contributed by atoms with E-state index in [0.29, 0.717) is 5.82 Å². The molecule has 0 aliphatic carbocycles. The Morgan fingerprint density at radius 3 is 2.74 bits per heavy atom. The number of halogens is 1. The highest BCUT2D eigenvalue weighted by atomic mass is 79.9. The molecule has 3 nitrogen and oxygen atoms in total. The molecule has 0 saturated carbocycles. The summed E-state index contributed by atoms with van der Waals surface area (Å²) in [5.41, 5.74) is 10.3. The summed E-state index contributed by atoms with van der Waals surface area (Å²) in [7, 11) is 1.87. The highest BCUT2D eigenvalue weighted by Gasteiger charge is 2.19. The van der Waals surface area contributed by atoms with Crippen molar-refractivity contribution in [3.05, 3.63) is 45.6 Å². The van der Waals surface area contributed by atoms with Crippen molar-refractivity contribution in [3.8, 4) is 22.4 Å². The predicted octanol–water partition coefficient (Wildman–Crippen LogP) is 4.16. The van der Waals surface area contributed by atoms with Gasteiger partial charge in [0.15, 0.2) is 0 Å². The quantitative estimate of drug-likeness (QED) is 0.765. The summed E-state index contributed by atoms with van der Waals surface area (Å²) in [6.07, 6.45) is 0. The van der Waals surface area contributed by atoms with Gasteiger partial charge in [-0.3, -0.25) is 4.68 Å². The van der Waals surface area contributed by atoms with Crippen molar-refractivity contribution in [2.24, 2.45) is 7.05 Å². The maximum Gasteiger partial charge on any atom is 0.129 e. The van der Waals surface area contributed by atoms with Crippen LogP contribution < -0.4 is 5.73 Å². The summed E-state index contributed by atoms with van der Waals surface area (Å²) in [5, 5.41) is 8.68. The van der Waals surface area contributed by atoms with E-state index in [0.717, 1.165) is 26.9 Å². The molecule has 0 aliphatic heterocycles. The van der Waals surface area contributed by atoms with Gasteiger partial charge in [-0.05, 0) is 17.5 Å². The van der Waals surface area contributed by atoms with Gasteiger partial charge in [0, 0.05) is 28.0 Å². The number of thiophene rings is 1. The molecule has 5 heteroatoms. The minimum absolute atomic E-state index is 0.674. The number of rotatable bonds is 2. The Hall–Kier alpha value is -1.59. The number of aromatic nitrogens is 2. The molecule has 0 unspecified atom stereocenters. The van der Waals surface area contributed by atoms with E-state index in [1.165, 1.54) is 0 Å². The molecule has 0 amide bonds. The topological polar surface area (TPSA) is 43.8 Å². The van der Waals surface area contributed by atoms with E-state index in [1.54, 1.807) is 16.0 Å². The average molecular weight is 334 g/mol. The summed E-state index contributed by atoms with van der Waals surface area (Å²) in [6.45, 7) is 0. The summed E-state index contributed by atoms with van der Waals surface area (Å²) in [5.74, 6) is 0.674. The summed E-state index contributed by atoms with van der Waals surface area (Å²) in [6, 6.07) is 10.1. The van der Waals surface area contributed by atoms with E-state index in [1.807, 2.05) is 36.7 Å². The monoisotopic (exact) mass is 333 g/mol. The Labute approximate surface area is 123 Å². The number of nitrogens with zero attached hydrogens (tertiary/aromatic N) is 2. The largest absolute Gasteiger partial charge is 0.383 e. The lowest BCUT2D eigenvalue weighted by Crippen LogP contribution is -1.98. The second-order valence-corrected chi connectivity index (χ2v) is 5.86. The average Bonchev–Trinajstić information content (AvgIpc) is 3.01. The highest BCUT2D eigenvalue weighted by molar-refractivity contribution is 9.10. The Morgan fingerprint density at radius 1 is 1.26 bits per heavy atom. The molecule has 96 valence electrons. The molecule has 0 spiro atoms. The third kappa shape index (κ3) is 2.09. The Bertz CT molecular complexity index is 716. The van der Waals surface area contributed by atoms with Gasteiger partial charge >= 0.3 is 0 Å². The summed E-state index contributed by atoms with van der Waals surface area (Å²) in [4.78, 5) is 0. The van der Waals surface area contributed by atoms with Crippen molar-refractivity contribution < 1.29 is 0 Å². The fourth-order valence-corrected chi connectivity index (χ4v) is 3.19. The Balaban J connectivity index is 2.29. The van der Waals surface area contributed by atoms with Crippen LogP contribution in [0, 0.1) is 0 Å². The highest BCUT2D eigenvalue weighted by Crippen LogP contribution is 2.39. The molecule has 0 fully saturated rings. The van der Waals surface area contributed by atoms with Crippen molar-refractivity contribution in [1.82, 2.24) is 9.78 Å². The summed E-state index contributed by atoms with van der Waals surface area (Å²) < 4.78 is 2.74. The van der Waals surface area contributed by atoms with E-state index in [9.17, 15) is 0 Å². The molecule has 2 N–H and O–H groups in total. The normalized spacial score (nSPS) is 10.8. The number of benzene rings is 1. The van der Waals surface area contributed by atoms with E-state index >= 15 is 0 Å². The molecule has 2 aromatic heterocycles. The summed E-state index contributed by atoms with van der Waals surface area (Å²) >= 11 is 5.24. The fraction of sp³-hybridized carbons (Fsp3) is 0.0714. The lowest BCUT2D eigenvalue weighted by Gasteiger charge is -2.05. The van der Waals surface area contributed by atoms with Gasteiger partial charge in [-0.15, -0.1) is 0 Å². The zero-order valence-corrected chi connectivity index (χ0v) is 12.7.